The lowest BCUT2D eigenvalue weighted by atomic mass is 10.0. The van der Waals surface area contributed by atoms with Crippen LogP contribution in [0.5, 0.6) is 11.6 Å². The predicted octanol–water partition coefficient (Wildman–Crippen LogP) is 4.41. The van der Waals surface area contributed by atoms with Crippen LogP contribution in [0, 0.1) is 5.92 Å². The van der Waals surface area contributed by atoms with Crippen LogP contribution in [-0.2, 0) is 16.1 Å². The fraction of sp³-hybridized carbons (Fsp3) is 0.400. The first-order valence-electron chi connectivity index (χ1n) is 13.9. The number of nitrogens with one attached hydrogen (secondary N) is 1. The van der Waals surface area contributed by atoms with Crippen LogP contribution in [0.3, 0.4) is 0 Å². The summed E-state index contributed by atoms with van der Waals surface area (Å²) in [4.78, 5) is 27.0. The molecule has 2 bridgehead atoms. The quantitative estimate of drug-likeness (QED) is 0.399. The van der Waals surface area contributed by atoms with E-state index in [0.29, 0.717) is 24.4 Å². The maximum absolute atomic E-state index is 13.0. The number of hydrogen-bond acceptors (Lipinski definition) is 7. The third-order valence-corrected chi connectivity index (χ3v) is 8.22. The second kappa shape index (κ2) is 10.4. The highest BCUT2D eigenvalue weighted by atomic mass is 16.5. The number of ether oxygens (including phenoxy) is 2. The molecule has 3 atom stereocenters. The number of hydrogen-bond donors (Lipinski definition) is 1. The number of likely N-dealkylation sites (tertiary alicyclic amines) is 2. The molecule has 3 aromatic heterocycles. The molecule has 3 fully saturated rings. The molecule has 1 amide bonds. The standard InChI is InChI=1S/C30H32N6O3/c37-30(28-2-1-13-38-28)35-12-10-20-14-24(19-35)36(17-20)18-23-5-3-21-15-25(6-7-26(21)33-23)39-29-8-4-22(16-31-29)27-9-11-32-34-27/h3-9,11,15-16,20,24,28H,1-2,10,12-14,17-19H2,(H,32,34)/t20?,24?,28-/m1/s1. The lowest BCUT2D eigenvalue weighted by Gasteiger charge is -2.32. The Morgan fingerprint density at radius 1 is 1.10 bits per heavy atom. The van der Waals surface area contributed by atoms with E-state index < -0.39 is 0 Å². The van der Waals surface area contributed by atoms with E-state index >= 15 is 0 Å². The third kappa shape index (κ3) is 5.12. The zero-order chi connectivity index (χ0) is 26.2. The smallest absolute Gasteiger partial charge is 0.251 e. The van der Waals surface area contributed by atoms with Crippen LogP contribution in [0.1, 0.15) is 31.4 Å². The summed E-state index contributed by atoms with van der Waals surface area (Å²) in [5, 5.41) is 7.94. The summed E-state index contributed by atoms with van der Waals surface area (Å²) in [5.41, 5.74) is 3.86. The van der Waals surface area contributed by atoms with Gasteiger partial charge >= 0.3 is 0 Å². The molecule has 3 saturated heterocycles. The van der Waals surface area contributed by atoms with Crippen molar-refractivity contribution in [3.63, 3.8) is 0 Å². The molecule has 0 spiro atoms. The van der Waals surface area contributed by atoms with E-state index in [1.54, 1.807) is 12.4 Å². The van der Waals surface area contributed by atoms with E-state index in [0.717, 1.165) is 85.5 Å². The Kier molecular flexibility index (Phi) is 6.46. The maximum Gasteiger partial charge on any atom is 0.251 e. The zero-order valence-corrected chi connectivity index (χ0v) is 21.8. The summed E-state index contributed by atoms with van der Waals surface area (Å²) in [5.74, 6) is 2.08. The van der Waals surface area contributed by atoms with Crippen molar-refractivity contribution >= 4 is 16.8 Å². The van der Waals surface area contributed by atoms with Crippen LogP contribution >= 0.6 is 0 Å². The molecule has 200 valence electrons. The number of carbonyl (C=O) groups excluding carboxylic acids is 1. The second-order valence-corrected chi connectivity index (χ2v) is 10.9. The van der Waals surface area contributed by atoms with Gasteiger partial charge in [0.05, 0.1) is 16.9 Å². The van der Waals surface area contributed by atoms with Crippen molar-refractivity contribution < 1.29 is 14.3 Å². The minimum atomic E-state index is -0.233. The van der Waals surface area contributed by atoms with Gasteiger partial charge in [0.15, 0.2) is 0 Å². The molecular formula is C30H32N6O3. The van der Waals surface area contributed by atoms with Gasteiger partial charge in [-0.15, -0.1) is 0 Å². The summed E-state index contributed by atoms with van der Waals surface area (Å²) in [7, 11) is 0. The highest BCUT2D eigenvalue weighted by Gasteiger charge is 2.39. The van der Waals surface area contributed by atoms with Crippen molar-refractivity contribution in [2.45, 2.75) is 44.4 Å². The van der Waals surface area contributed by atoms with Crippen molar-refractivity contribution in [1.29, 1.82) is 0 Å². The first kappa shape index (κ1) is 24.2. The molecular weight excluding hydrogens is 492 g/mol. The van der Waals surface area contributed by atoms with E-state index in [-0.39, 0.29) is 12.0 Å². The molecule has 1 aromatic carbocycles. The summed E-state index contributed by atoms with van der Waals surface area (Å²) in [6.07, 6.45) is 7.32. The lowest BCUT2D eigenvalue weighted by molar-refractivity contribution is -0.141. The van der Waals surface area contributed by atoms with Gasteiger partial charge in [0.2, 0.25) is 5.88 Å². The molecule has 4 aromatic rings. The van der Waals surface area contributed by atoms with Crippen LogP contribution in [0.4, 0.5) is 0 Å². The number of aromatic nitrogens is 4. The average molecular weight is 525 g/mol. The number of rotatable bonds is 6. The molecule has 0 radical (unpaired) electrons. The number of H-pyrrole nitrogens is 1. The first-order valence-corrected chi connectivity index (χ1v) is 13.9. The molecule has 0 saturated carbocycles. The number of nitrogens with zero attached hydrogens (tertiary/aromatic N) is 5. The van der Waals surface area contributed by atoms with Crippen LogP contribution in [0.15, 0.2) is 60.9 Å². The van der Waals surface area contributed by atoms with Gasteiger partial charge in [-0.3, -0.25) is 19.8 Å². The topological polar surface area (TPSA) is 96.5 Å². The Morgan fingerprint density at radius 2 is 2.08 bits per heavy atom. The number of pyridine rings is 2. The van der Waals surface area contributed by atoms with Crippen molar-refractivity contribution in [1.82, 2.24) is 30.0 Å². The minimum absolute atomic E-state index is 0.186. The zero-order valence-electron chi connectivity index (χ0n) is 21.8. The predicted molar refractivity (Wildman–Crippen MR) is 146 cm³/mol. The first-order chi connectivity index (χ1) is 19.2. The molecule has 3 aliphatic heterocycles. The molecule has 1 N–H and O–H groups in total. The van der Waals surface area contributed by atoms with E-state index in [2.05, 4.69) is 37.1 Å². The van der Waals surface area contributed by atoms with Crippen molar-refractivity contribution in [2.24, 2.45) is 5.92 Å². The van der Waals surface area contributed by atoms with Gasteiger partial charge in [0, 0.05) is 68.2 Å². The fourth-order valence-corrected chi connectivity index (χ4v) is 6.19. The van der Waals surface area contributed by atoms with E-state index in [1.165, 1.54) is 0 Å². The third-order valence-electron chi connectivity index (χ3n) is 8.22. The van der Waals surface area contributed by atoms with Gasteiger partial charge in [-0.2, -0.15) is 5.10 Å². The average Bonchev–Trinajstić information content (AvgIpc) is 3.72. The summed E-state index contributed by atoms with van der Waals surface area (Å²) in [6.45, 7) is 4.23. The Morgan fingerprint density at radius 3 is 2.90 bits per heavy atom. The van der Waals surface area contributed by atoms with Crippen LogP contribution < -0.4 is 4.74 Å². The van der Waals surface area contributed by atoms with E-state index in [4.69, 9.17) is 14.5 Å². The largest absolute Gasteiger partial charge is 0.439 e. The summed E-state index contributed by atoms with van der Waals surface area (Å²) >= 11 is 0. The molecule has 9 nitrogen and oxygen atoms in total. The normalized spacial score (nSPS) is 23.3. The molecule has 9 heteroatoms. The maximum atomic E-state index is 13.0. The summed E-state index contributed by atoms with van der Waals surface area (Å²) in [6, 6.07) is 16.2. The summed E-state index contributed by atoms with van der Waals surface area (Å²) < 4.78 is 11.7. The number of amides is 1. The number of carbonyl (C=O) groups is 1. The van der Waals surface area contributed by atoms with Gasteiger partial charge in [0.25, 0.3) is 5.91 Å². The molecule has 0 aliphatic carbocycles. The Labute approximate surface area is 227 Å². The van der Waals surface area contributed by atoms with E-state index in [1.807, 2.05) is 36.4 Å². The highest BCUT2D eigenvalue weighted by molar-refractivity contribution is 5.81. The monoisotopic (exact) mass is 524 g/mol. The molecule has 3 aliphatic rings. The SMILES string of the molecule is O=C([C@H]1CCCO1)N1CCC2CC(C1)N(Cc1ccc3cc(Oc4ccc(-c5ccn[nH]5)cn4)ccc3n1)C2. The number of fused-ring (bicyclic) bond motifs is 3. The second-order valence-electron chi connectivity index (χ2n) is 10.9. The fourth-order valence-electron chi connectivity index (χ4n) is 6.19. The van der Waals surface area contributed by atoms with Gasteiger partial charge in [0.1, 0.15) is 11.9 Å². The highest BCUT2D eigenvalue weighted by Crippen LogP contribution is 2.32. The minimum Gasteiger partial charge on any atom is -0.439 e. The van der Waals surface area contributed by atoms with Crippen LogP contribution in [0.25, 0.3) is 22.2 Å². The van der Waals surface area contributed by atoms with Gasteiger partial charge in [-0.1, -0.05) is 6.07 Å². The van der Waals surface area contributed by atoms with Crippen molar-refractivity contribution in [2.75, 3.05) is 26.2 Å². The van der Waals surface area contributed by atoms with Gasteiger partial charge < -0.3 is 14.4 Å². The number of benzene rings is 1. The molecule has 39 heavy (non-hydrogen) atoms. The van der Waals surface area contributed by atoms with Crippen LogP contribution in [0.2, 0.25) is 0 Å². The molecule has 6 heterocycles. The Bertz CT molecular complexity index is 1450. The number of aromatic amines is 1. The molecule has 2 unspecified atom stereocenters. The molecule has 7 rings (SSSR count). The van der Waals surface area contributed by atoms with Gasteiger partial charge in [-0.05, 0) is 68.0 Å². The Hall–Kier alpha value is -3.82. The Balaban J connectivity index is 1.01. The van der Waals surface area contributed by atoms with Crippen molar-refractivity contribution in [3.8, 4) is 22.9 Å². The van der Waals surface area contributed by atoms with E-state index in [9.17, 15) is 4.79 Å². The lowest BCUT2D eigenvalue weighted by Crippen LogP contribution is -2.47. The van der Waals surface area contributed by atoms with Crippen molar-refractivity contribution in [3.05, 3.63) is 66.6 Å². The van der Waals surface area contributed by atoms with Gasteiger partial charge in [-0.25, -0.2) is 4.98 Å². The van der Waals surface area contributed by atoms with Crippen LogP contribution in [-0.4, -0.2) is 74.3 Å².